The Hall–Kier alpha value is -2.04. The van der Waals surface area contributed by atoms with E-state index >= 15 is 0 Å². The van der Waals surface area contributed by atoms with Gasteiger partial charge in [-0.05, 0) is 37.9 Å². The molecule has 12 heteroatoms. The van der Waals surface area contributed by atoms with Crippen molar-refractivity contribution in [1.29, 1.82) is 0 Å². The third-order valence-electron chi connectivity index (χ3n) is 5.45. The maximum Gasteiger partial charge on any atom is 0.440 e. The number of alkyl halides is 3. The fraction of sp³-hybridized carbons (Fsp3) is 0.500. The van der Waals surface area contributed by atoms with Crippen molar-refractivity contribution in [3.8, 4) is 0 Å². The smallest absolute Gasteiger partial charge is 0.317 e. The fourth-order valence-corrected chi connectivity index (χ4v) is 4.28. The van der Waals surface area contributed by atoms with Gasteiger partial charge < -0.3 is 10.6 Å². The van der Waals surface area contributed by atoms with Crippen LogP contribution in [-0.4, -0.2) is 40.1 Å². The second-order valence-corrected chi connectivity index (χ2v) is 8.24. The SMILES string of the molecule is O=C(CCC1CCCCN1)NC1(C(F)(F)F)C(=O)Nc2nc3cc(Cl)c(Cl)cc3n21. The number of nitrogens with zero attached hydrogens (tertiary/aromatic N) is 2. The van der Waals surface area contributed by atoms with Gasteiger partial charge in [0.15, 0.2) is 0 Å². The number of aromatic nitrogens is 2. The lowest BCUT2D eigenvalue weighted by Gasteiger charge is -2.32. The Morgan fingerprint density at radius 3 is 2.70 bits per heavy atom. The first-order chi connectivity index (χ1) is 14.1. The number of hydrogen-bond acceptors (Lipinski definition) is 4. The fourth-order valence-electron chi connectivity index (χ4n) is 3.97. The van der Waals surface area contributed by atoms with E-state index in [0.717, 1.165) is 25.8 Å². The summed E-state index contributed by atoms with van der Waals surface area (Å²) < 4.78 is 43.5. The summed E-state index contributed by atoms with van der Waals surface area (Å²) in [5.41, 5.74) is -3.30. The van der Waals surface area contributed by atoms with Gasteiger partial charge in [0.2, 0.25) is 11.9 Å². The third-order valence-corrected chi connectivity index (χ3v) is 6.17. The van der Waals surface area contributed by atoms with Crippen molar-refractivity contribution >= 4 is 52.0 Å². The second-order valence-electron chi connectivity index (χ2n) is 7.42. The number of nitrogens with one attached hydrogen (secondary N) is 3. The number of imidazole rings is 1. The number of amides is 2. The average molecular weight is 464 g/mol. The highest BCUT2D eigenvalue weighted by Crippen LogP contribution is 2.45. The Kier molecular flexibility index (Phi) is 5.36. The predicted octanol–water partition coefficient (Wildman–Crippen LogP) is 3.55. The molecule has 0 saturated carbocycles. The van der Waals surface area contributed by atoms with Crippen molar-refractivity contribution in [2.24, 2.45) is 0 Å². The summed E-state index contributed by atoms with van der Waals surface area (Å²) in [6, 6.07) is 2.55. The van der Waals surface area contributed by atoms with Gasteiger partial charge in [0.1, 0.15) is 0 Å². The molecule has 2 aliphatic heterocycles. The standard InChI is InChI=1S/C18H18Cl2F3N5O2/c19-10-7-12-13(8-11(10)20)28-16(25-12)26-15(30)17(28,18(21,22)23)27-14(29)5-4-9-3-1-2-6-24-9/h7-9,24H,1-6H2,(H,27,29)(H,25,26,30). The summed E-state index contributed by atoms with van der Waals surface area (Å²) >= 11 is 11.9. The van der Waals surface area contributed by atoms with Gasteiger partial charge in [0.25, 0.3) is 11.6 Å². The molecule has 2 aliphatic rings. The van der Waals surface area contributed by atoms with Gasteiger partial charge >= 0.3 is 6.18 Å². The molecule has 162 valence electrons. The van der Waals surface area contributed by atoms with Crippen LogP contribution in [0.4, 0.5) is 19.1 Å². The normalized spacial score (nSPS) is 24.0. The predicted molar refractivity (Wildman–Crippen MR) is 105 cm³/mol. The maximum atomic E-state index is 14.3. The molecular formula is C18H18Cl2F3N5O2. The molecule has 2 unspecified atom stereocenters. The Labute approximate surface area is 179 Å². The molecule has 3 heterocycles. The minimum Gasteiger partial charge on any atom is -0.317 e. The molecule has 2 aromatic rings. The van der Waals surface area contributed by atoms with Gasteiger partial charge in [-0.3, -0.25) is 19.5 Å². The van der Waals surface area contributed by atoms with E-state index in [2.05, 4.69) is 15.6 Å². The molecule has 2 amide bonds. The number of rotatable bonds is 4. The first-order valence-electron chi connectivity index (χ1n) is 9.44. The van der Waals surface area contributed by atoms with Crippen LogP contribution in [0.5, 0.6) is 0 Å². The zero-order valence-corrected chi connectivity index (χ0v) is 17.1. The number of piperidine rings is 1. The van der Waals surface area contributed by atoms with Gasteiger partial charge in [0, 0.05) is 12.5 Å². The summed E-state index contributed by atoms with van der Waals surface area (Å²) in [6.07, 6.45) is -2.03. The molecule has 30 heavy (non-hydrogen) atoms. The molecule has 0 bridgehead atoms. The Balaban J connectivity index is 1.70. The topological polar surface area (TPSA) is 88.1 Å². The summed E-state index contributed by atoms with van der Waals surface area (Å²) in [6.45, 7) is 0.814. The van der Waals surface area contributed by atoms with E-state index in [-0.39, 0.29) is 39.5 Å². The van der Waals surface area contributed by atoms with E-state index in [4.69, 9.17) is 23.2 Å². The first kappa shape index (κ1) is 21.2. The van der Waals surface area contributed by atoms with Crippen molar-refractivity contribution in [2.45, 2.75) is 50.0 Å². The Morgan fingerprint density at radius 2 is 2.03 bits per heavy atom. The highest BCUT2D eigenvalue weighted by molar-refractivity contribution is 6.42. The van der Waals surface area contributed by atoms with E-state index < -0.39 is 23.7 Å². The Bertz CT molecular complexity index is 1020. The van der Waals surface area contributed by atoms with Gasteiger partial charge in [-0.25, -0.2) is 4.98 Å². The molecule has 1 fully saturated rings. The number of carbonyl (C=O) groups excluding carboxylic acids is 2. The summed E-state index contributed by atoms with van der Waals surface area (Å²) in [5.74, 6) is -2.67. The number of carbonyl (C=O) groups is 2. The van der Waals surface area contributed by atoms with Crippen LogP contribution in [0.3, 0.4) is 0 Å². The van der Waals surface area contributed by atoms with Crippen molar-refractivity contribution in [1.82, 2.24) is 20.2 Å². The van der Waals surface area contributed by atoms with E-state index in [0.29, 0.717) is 11.0 Å². The average Bonchev–Trinajstić information content (AvgIpc) is 3.15. The quantitative estimate of drug-likeness (QED) is 0.646. The zero-order chi connectivity index (χ0) is 21.7. The number of halogens is 5. The minimum atomic E-state index is -5.14. The van der Waals surface area contributed by atoms with Crippen molar-refractivity contribution < 1.29 is 22.8 Å². The summed E-state index contributed by atoms with van der Waals surface area (Å²) in [4.78, 5) is 29.1. The lowest BCUT2D eigenvalue weighted by Crippen LogP contribution is -2.63. The second kappa shape index (κ2) is 7.58. The van der Waals surface area contributed by atoms with Crippen LogP contribution < -0.4 is 16.0 Å². The highest BCUT2D eigenvalue weighted by atomic mass is 35.5. The number of hydrogen-bond donors (Lipinski definition) is 3. The zero-order valence-electron chi connectivity index (χ0n) is 15.6. The molecule has 1 saturated heterocycles. The van der Waals surface area contributed by atoms with Gasteiger partial charge in [-0.2, -0.15) is 13.2 Å². The first-order valence-corrected chi connectivity index (χ1v) is 10.2. The number of fused-ring (bicyclic) bond motifs is 3. The largest absolute Gasteiger partial charge is 0.440 e. The van der Waals surface area contributed by atoms with Crippen LogP contribution >= 0.6 is 23.2 Å². The van der Waals surface area contributed by atoms with Crippen LogP contribution in [-0.2, 0) is 15.3 Å². The molecule has 7 nitrogen and oxygen atoms in total. The molecular weight excluding hydrogens is 446 g/mol. The molecule has 0 aliphatic carbocycles. The van der Waals surface area contributed by atoms with E-state index in [9.17, 15) is 22.8 Å². The van der Waals surface area contributed by atoms with E-state index in [1.165, 1.54) is 12.1 Å². The van der Waals surface area contributed by atoms with Crippen molar-refractivity contribution in [2.75, 3.05) is 11.9 Å². The van der Waals surface area contributed by atoms with Gasteiger partial charge in [-0.15, -0.1) is 0 Å². The molecule has 0 radical (unpaired) electrons. The van der Waals surface area contributed by atoms with Crippen molar-refractivity contribution in [3.63, 3.8) is 0 Å². The lowest BCUT2D eigenvalue weighted by molar-refractivity contribution is -0.217. The molecule has 1 aromatic heterocycles. The van der Waals surface area contributed by atoms with E-state index in [1.807, 2.05) is 5.32 Å². The van der Waals surface area contributed by atoms with Crippen LogP contribution in [0.15, 0.2) is 12.1 Å². The van der Waals surface area contributed by atoms with Crippen molar-refractivity contribution in [3.05, 3.63) is 22.2 Å². The van der Waals surface area contributed by atoms with Crippen LogP contribution in [0.2, 0.25) is 10.0 Å². The monoisotopic (exact) mass is 463 g/mol. The van der Waals surface area contributed by atoms with Crippen LogP contribution in [0.1, 0.15) is 32.1 Å². The summed E-state index contributed by atoms with van der Waals surface area (Å²) in [7, 11) is 0. The van der Waals surface area contributed by atoms with Crippen LogP contribution in [0, 0.1) is 0 Å². The molecule has 3 N–H and O–H groups in total. The minimum absolute atomic E-state index is 0.00279. The lowest BCUT2D eigenvalue weighted by atomic mass is 10.00. The van der Waals surface area contributed by atoms with E-state index in [1.54, 1.807) is 0 Å². The highest BCUT2D eigenvalue weighted by Gasteiger charge is 2.67. The van der Waals surface area contributed by atoms with Crippen LogP contribution in [0.25, 0.3) is 11.0 Å². The number of anilines is 1. The van der Waals surface area contributed by atoms with Gasteiger partial charge in [0.05, 0.1) is 21.1 Å². The maximum absolute atomic E-state index is 14.3. The molecule has 0 spiro atoms. The molecule has 2 atom stereocenters. The molecule has 4 rings (SSSR count). The Morgan fingerprint density at radius 1 is 1.30 bits per heavy atom. The summed E-state index contributed by atoms with van der Waals surface area (Å²) in [5, 5.41) is 7.39. The molecule has 1 aromatic carbocycles. The van der Waals surface area contributed by atoms with Gasteiger partial charge in [-0.1, -0.05) is 29.6 Å². The number of benzene rings is 1. The third kappa shape index (κ3) is 3.40.